The molecular weight excluding hydrogens is 277 g/mol. The number of rotatable bonds is 5. The zero-order valence-corrected chi connectivity index (χ0v) is 10.2. The highest BCUT2D eigenvalue weighted by atomic mass is 79.9. The fourth-order valence-electron chi connectivity index (χ4n) is 1.05. The minimum atomic E-state index is -0.487. The van der Waals surface area contributed by atoms with E-state index < -0.39 is 6.67 Å². The summed E-state index contributed by atoms with van der Waals surface area (Å²) in [7, 11) is 0. The molecule has 88 valence electrons. The Labute approximate surface area is 102 Å². The first-order valence-electron chi connectivity index (χ1n) is 4.70. The standard InChI is InChI=1S/C10H13BrFN3O/c11-15-10(13)14-7-8-1-3-9(4-2-8)16-6-5-12/h1-4H,5-7H2,(H3,13,14,15). The first kappa shape index (κ1) is 12.8. The average molecular weight is 290 g/mol. The Morgan fingerprint density at radius 1 is 1.44 bits per heavy atom. The molecule has 0 bridgehead atoms. The maximum absolute atomic E-state index is 11.8. The van der Waals surface area contributed by atoms with Gasteiger partial charge in [0, 0.05) is 16.1 Å². The normalized spacial score (nSPS) is 11.2. The molecule has 0 aromatic heterocycles. The lowest BCUT2D eigenvalue weighted by Crippen LogP contribution is -2.23. The van der Waals surface area contributed by atoms with Crippen LogP contribution in [0.2, 0.25) is 0 Å². The summed E-state index contributed by atoms with van der Waals surface area (Å²) in [6, 6.07) is 7.27. The summed E-state index contributed by atoms with van der Waals surface area (Å²) in [5.74, 6) is 0.967. The summed E-state index contributed by atoms with van der Waals surface area (Å²) in [5, 5.41) is 0. The Morgan fingerprint density at radius 2 is 2.12 bits per heavy atom. The van der Waals surface area contributed by atoms with Crippen molar-refractivity contribution < 1.29 is 9.13 Å². The third-order valence-electron chi connectivity index (χ3n) is 1.80. The molecular formula is C10H13BrFN3O. The Hall–Kier alpha value is -1.30. The van der Waals surface area contributed by atoms with Crippen LogP contribution in [0.5, 0.6) is 5.75 Å². The summed E-state index contributed by atoms with van der Waals surface area (Å²) in [6.07, 6.45) is 0. The zero-order chi connectivity index (χ0) is 11.8. The Balaban J connectivity index is 2.51. The molecule has 4 nitrogen and oxygen atoms in total. The Morgan fingerprint density at radius 3 is 2.69 bits per heavy atom. The summed E-state index contributed by atoms with van der Waals surface area (Å²) in [4.78, 5) is 4.04. The van der Waals surface area contributed by atoms with Crippen LogP contribution in [0.3, 0.4) is 0 Å². The van der Waals surface area contributed by atoms with E-state index in [4.69, 9.17) is 10.5 Å². The molecule has 16 heavy (non-hydrogen) atoms. The topological polar surface area (TPSA) is 59.6 Å². The van der Waals surface area contributed by atoms with Gasteiger partial charge in [-0.3, -0.25) is 4.34 Å². The zero-order valence-electron chi connectivity index (χ0n) is 8.62. The summed E-state index contributed by atoms with van der Waals surface area (Å²) < 4.78 is 19.5. The minimum absolute atomic E-state index is 0.0813. The van der Waals surface area contributed by atoms with Gasteiger partial charge >= 0.3 is 0 Å². The summed E-state index contributed by atoms with van der Waals surface area (Å²) in [5.41, 5.74) is 6.44. The van der Waals surface area contributed by atoms with E-state index in [0.717, 1.165) is 5.56 Å². The van der Waals surface area contributed by atoms with E-state index in [1.165, 1.54) is 0 Å². The monoisotopic (exact) mass is 289 g/mol. The van der Waals surface area contributed by atoms with Crippen molar-refractivity contribution in [2.24, 2.45) is 10.7 Å². The van der Waals surface area contributed by atoms with Gasteiger partial charge in [-0.1, -0.05) is 12.1 Å². The van der Waals surface area contributed by atoms with Crippen molar-refractivity contribution in [1.82, 2.24) is 4.34 Å². The van der Waals surface area contributed by atoms with Crippen molar-refractivity contribution in [3.8, 4) is 5.75 Å². The van der Waals surface area contributed by atoms with Gasteiger partial charge in [0.2, 0.25) is 0 Å². The van der Waals surface area contributed by atoms with Crippen LogP contribution in [0.15, 0.2) is 29.3 Å². The molecule has 0 aliphatic rings. The maximum Gasteiger partial charge on any atom is 0.199 e. The molecule has 3 N–H and O–H groups in total. The Bertz CT molecular complexity index is 342. The van der Waals surface area contributed by atoms with E-state index in [-0.39, 0.29) is 6.61 Å². The van der Waals surface area contributed by atoms with Crippen molar-refractivity contribution in [2.45, 2.75) is 6.54 Å². The maximum atomic E-state index is 11.8. The number of ether oxygens (including phenoxy) is 1. The molecule has 0 radical (unpaired) electrons. The molecule has 0 spiro atoms. The number of guanidine groups is 1. The second-order valence-corrected chi connectivity index (χ2v) is 3.37. The van der Waals surface area contributed by atoms with Gasteiger partial charge < -0.3 is 10.5 Å². The molecule has 1 aromatic rings. The molecule has 0 unspecified atom stereocenters. The van der Waals surface area contributed by atoms with Crippen LogP contribution in [0.25, 0.3) is 0 Å². The third kappa shape index (κ3) is 4.48. The Kier molecular flexibility index (Phi) is 5.63. The highest BCUT2D eigenvalue weighted by Gasteiger charge is 1.95. The number of hydrogen-bond acceptors (Lipinski definition) is 2. The van der Waals surface area contributed by atoms with E-state index in [1.54, 1.807) is 12.1 Å². The first-order valence-corrected chi connectivity index (χ1v) is 5.50. The van der Waals surface area contributed by atoms with E-state index in [1.807, 2.05) is 12.1 Å². The lowest BCUT2D eigenvalue weighted by molar-refractivity contribution is 0.273. The number of nitrogens with two attached hydrogens (primary N) is 1. The lowest BCUT2D eigenvalue weighted by Gasteiger charge is -2.04. The predicted molar refractivity (Wildman–Crippen MR) is 65.3 cm³/mol. The highest BCUT2D eigenvalue weighted by Crippen LogP contribution is 2.12. The van der Waals surface area contributed by atoms with E-state index >= 15 is 0 Å². The van der Waals surface area contributed by atoms with Gasteiger partial charge in [0.1, 0.15) is 19.0 Å². The van der Waals surface area contributed by atoms with E-state index in [2.05, 4.69) is 25.5 Å². The first-order chi connectivity index (χ1) is 7.76. The van der Waals surface area contributed by atoms with Crippen LogP contribution >= 0.6 is 16.1 Å². The largest absolute Gasteiger partial charge is 0.491 e. The number of halogens is 2. The van der Waals surface area contributed by atoms with Gasteiger partial charge in [-0.2, -0.15) is 0 Å². The van der Waals surface area contributed by atoms with E-state index in [9.17, 15) is 4.39 Å². The molecule has 0 fully saturated rings. The number of benzene rings is 1. The fourth-order valence-corrected chi connectivity index (χ4v) is 1.18. The van der Waals surface area contributed by atoms with Crippen LogP contribution in [-0.2, 0) is 6.54 Å². The number of alkyl halides is 1. The fraction of sp³-hybridized carbons (Fsp3) is 0.300. The van der Waals surface area contributed by atoms with E-state index in [0.29, 0.717) is 18.3 Å². The second kappa shape index (κ2) is 7.05. The van der Waals surface area contributed by atoms with Crippen LogP contribution < -0.4 is 14.8 Å². The quantitative estimate of drug-likeness (QED) is 0.493. The van der Waals surface area contributed by atoms with Crippen LogP contribution in [-0.4, -0.2) is 19.2 Å². The van der Waals surface area contributed by atoms with Crippen molar-refractivity contribution in [3.63, 3.8) is 0 Å². The molecule has 0 aliphatic heterocycles. The number of nitrogens with one attached hydrogen (secondary N) is 1. The number of hydrogen-bond donors (Lipinski definition) is 2. The molecule has 0 heterocycles. The lowest BCUT2D eigenvalue weighted by atomic mass is 10.2. The molecule has 0 saturated heterocycles. The summed E-state index contributed by atoms with van der Waals surface area (Å²) in [6.45, 7) is 0.0747. The second-order valence-electron chi connectivity index (χ2n) is 2.98. The average Bonchev–Trinajstić information content (AvgIpc) is 2.34. The van der Waals surface area contributed by atoms with Crippen LogP contribution in [0.4, 0.5) is 4.39 Å². The van der Waals surface area contributed by atoms with Crippen molar-refractivity contribution >= 4 is 22.1 Å². The van der Waals surface area contributed by atoms with Gasteiger partial charge in [-0.15, -0.1) is 0 Å². The molecule has 0 aliphatic carbocycles. The van der Waals surface area contributed by atoms with Gasteiger partial charge in [0.25, 0.3) is 0 Å². The predicted octanol–water partition coefficient (Wildman–Crippen LogP) is 1.75. The number of nitrogens with zero attached hydrogens (tertiary/aromatic N) is 1. The molecule has 0 amide bonds. The van der Waals surface area contributed by atoms with Crippen LogP contribution in [0, 0.1) is 0 Å². The minimum Gasteiger partial charge on any atom is -0.491 e. The molecule has 0 saturated carbocycles. The smallest absolute Gasteiger partial charge is 0.199 e. The van der Waals surface area contributed by atoms with Gasteiger partial charge in [0.05, 0.1) is 6.54 Å². The third-order valence-corrected chi connectivity index (χ3v) is 2.20. The summed E-state index contributed by atoms with van der Waals surface area (Å²) >= 11 is 2.97. The van der Waals surface area contributed by atoms with Crippen molar-refractivity contribution in [2.75, 3.05) is 13.3 Å². The molecule has 1 aromatic carbocycles. The van der Waals surface area contributed by atoms with Crippen LogP contribution in [0.1, 0.15) is 5.56 Å². The number of aliphatic imine (C=N–C) groups is 1. The molecule has 6 heteroatoms. The van der Waals surface area contributed by atoms with Crippen molar-refractivity contribution in [1.29, 1.82) is 0 Å². The van der Waals surface area contributed by atoms with Crippen molar-refractivity contribution in [3.05, 3.63) is 29.8 Å². The van der Waals surface area contributed by atoms with Gasteiger partial charge in [0.15, 0.2) is 5.96 Å². The van der Waals surface area contributed by atoms with Gasteiger partial charge in [-0.25, -0.2) is 9.38 Å². The van der Waals surface area contributed by atoms with Gasteiger partial charge in [-0.05, 0) is 17.7 Å². The molecule has 0 atom stereocenters. The highest BCUT2D eigenvalue weighted by molar-refractivity contribution is 9.08. The SMILES string of the molecule is NC(=NCc1ccc(OCCF)cc1)NBr. The molecule has 1 rings (SSSR count).